The van der Waals surface area contributed by atoms with E-state index in [0.29, 0.717) is 47.7 Å². The minimum atomic E-state index is -0.994. The molecule has 0 saturated carbocycles. The van der Waals surface area contributed by atoms with Crippen LogP contribution < -0.4 is 10.2 Å². The van der Waals surface area contributed by atoms with Gasteiger partial charge < -0.3 is 25.0 Å². The van der Waals surface area contributed by atoms with Crippen molar-refractivity contribution in [3.63, 3.8) is 0 Å². The predicted molar refractivity (Wildman–Crippen MR) is 128 cm³/mol. The van der Waals surface area contributed by atoms with Crippen molar-refractivity contribution in [3.05, 3.63) is 48.6 Å². The summed E-state index contributed by atoms with van der Waals surface area (Å²) in [6.07, 6.45) is 1.90. The lowest BCUT2D eigenvalue weighted by molar-refractivity contribution is 0.00960. The second-order valence-corrected chi connectivity index (χ2v) is 10.3. The molecule has 2 atom stereocenters. The van der Waals surface area contributed by atoms with Crippen LogP contribution in [0.3, 0.4) is 0 Å². The van der Waals surface area contributed by atoms with Crippen LogP contribution in [-0.2, 0) is 11.3 Å². The Hall–Kier alpha value is -2.18. The fraction of sp³-hybridized carbons (Fsp3) is 0.400. The van der Waals surface area contributed by atoms with Gasteiger partial charge in [-0.25, -0.2) is 14.8 Å². The fourth-order valence-electron chi connectivity index (χ4n) is 3.61. The number of H-pyrrole nitrogens is 1. The van der Waals surface area contributed by atoms with Gasteiger partial charge in [0.15, 0.2) is 5.13 Å². The number of rotatable bonds is 7. The maximum Gasteiger partial charge on any atom is 0.347 e. The zero-order valence-corrected chi connectivity index (χ0v) is 20.9. The Morgan fingerprint density at radius 3 is 2.76 bits per heavy atom. The molecule has 1 aliphatic heterocycles. The molecule has 0 aromatic carbocycles. The maximum absolute atomic E-state index is 12.9. The van der Waals surface area contributed by atoms with Crippen LogP contribution in [-0.4, -0.2) is 57.2 Å². The van der Waals surface area contributed by atoms with Gasteiger partial charge in [0.2, 0.25) is 0 Å². The molecular weight excluding hydrogens is 509 g/mol. The molecule has 0 bridgehead atoms. The summed E-state index contributed by atoms with van der Waals surface area (Å²) in [5.74, 6) is -1.36. The van der Waals surface area contributed by atoms with Gasteiger partial charge in [-0.15, -0.1) is 11.3 Å². The van der Waals surface area contributed by atoms with Crippen LogP contribution in [0.15, 0.2) is 11.6 Å². The van der Waals surface area contributed by atoms with E-state index < -0.39 is 5.97 Å². The van der Waals surface area contributed by atoms with Crippen molar-refractivity contribution >= 4 is 62.9 Å². The Morgan fingerprint density at radius 2 is 2.15 bits per heavy atom. The van der Waals surface area contributed by atoms with Gasteiger partial charge in [0.25, 0.3) is 5.91 Å². The minimum Gasteiger partial charge on any atom is -0.477 e. The van der Waals surface area contributed by atoms with Crippen molar-refractivity contribution in [2.45, 2.75) is 39.0 Å². The summed E-state index contributed by atoms with van der Waals surface area (Å²) < 4.78 is 6.15. The van der Waals surface area contributed by atoms with E-state index in [1.807, 2.05) is 10.3 Å². The number of ether oxygens (including phenoxy) is 1. The highest BCUT2D eigenvalue weighted by Crippen LogP contribution is 2.31. The molecule has 0 radical (unpaired) electrons. The third kappa shape index (κ3) is 5.17. The number of nitrogens with zero attached hydrogens (tertiary/aromatic N) is 3. The first-order valence-corrected chi connectivity index (χ1v) is 12.5. The Labute approximate surface area is 207 Å². The van der Waals surface area contributed by atoms with Gasteiger partial charge in [0.1, 0.15) is 15.6 Å². The van der Waals surface area contributed by atoms with E-state index in [2.05, 4.69) is 20.3 Å². The predicted octanol–water partition coefficient (Wildman–Crippen LogP) is 4.14. The summed E-state index contributed by atoms with van der Waals surface area (Å²) in [6, 6.07) is -0.299. The largest absolute Gasteiger partial charge is 0.477 e. The van der Waals surface area contributed by atoms with Crippen molar-refractivity contribution in [2.75, 3.05) is 18.0 Å². The topological polar surface area (TPSA) is 120 Å². The number of amides is 1. The average molecular weight is 530 g/mol. The first kappa shape index (κ1) is 24.0. The van der Waals surface area contributed by atoms with Gasteiger partial charge in [0.05, 0.1) is 34.5 Å². The highest BCUT2D eigenvalue weighted by Gasteiger charge is 2.34. The Bertz CT molecular complexity index is 1160. The van der Waals surface area contributed by atoms with Gasteiger partial charge in [-0.1, -0.05) is 34.5 Å². The number of carbonyl (C=O) groups excluding carboxylic acids is 1. The number of nitrogens with one attached hydrogen (secondary N) is 2. The number of halogens is 2. The number of aromatic amines is 1. The van der Waals surface area contributed by atoms with Gasteiger partial charge in [-0.2, -0.15) is 0 Å². The molecule has 9 nitrogen and oxygen atoms in total. The monoisotopic (exact) mass is 529 g/mol. The van der Waals surface area contributed by atoms with E-state index in [1.165, 1.54) is 11.3 Å². The second kappa shape index (κ2) is 9.98. The van der Waals surface area contributed by atoms with E-state index in [0.717, 1.165) is 16.3 Å². The van der Waals surface area contributed by atoms with Gasteiger partial charge in [-0.05, 0) is 20.3 Å². The summed E-state index contributed by atoms with van der Waals surface area (Å²) in [5, 5.41) is 16.2. The number of hydrogen-bond donors (Lipinski definition) is 3. The highest BCUT2D eigenvalue weighted by molar-refractivity contribution is 7.17. The number of thiazole rings is 2. The minimum absolute atomic E-state index is 0.184. The second-order valence-electron chi connectivity index (χ2n) is 7.56. The van der Waals surface area contributed by atoms with Crippen LogP contribution in [0.5, 0.6) is 0 Å². The average Bonchev–Trinajstić information content (AvgIpc) is 3.50. The van der Waals surface area contributed by atoms with E-state index in [1.54, 1.807) is 20.0 Å². The van der Waals surface area contributed by atoms with Gasteiger partial charge in [0, 0.05) is 30.4 Å². The van der Waals surface area contributed by atoms with Crippen LogP contribution in [0.1, 0.15) is 43.0 Å². The standard InChI is InChI=1S/C20H21Cl2N5O4S2/c1-9-14(21)15(22)16(24-9)18(28)26-11-3-5-27(20-25-10(2)17(33-20)19(29)30)7-12(11)31-8-13-23-4-6-32-13/h4,6,11-12,24H,3,5,7-8H2,1-2H3,(H,26,28)(H,29,30). The van der Waals surface area contributed by atoms with E-state index in [9.17, 15) is 14.7 Å². The molecule has 4 heterocycles. The van der Waals surface area contributed by atoms with Crippen molar-refractivity contribution in [3.8, 4) is 0 Å². The molecule has 1 aliphatic rings. The Kier molecular flexibility index (Phi) is 7.25. The lowest BCUT2D eigenvalue weighted by atomic mass is 10.0. The lowest BCUT2D eigenvalue weighted by Gasteiger charge is -2.38. The number of anilines is 1. The number of hydrogen-bond acceptors (Lipinski definition) is 8. The molecule has 1 saturated heterocycles. The van der Waals surface area contributed by atoms with Crippen LogP contribution >= 0.6 is 45.9 Å². The normalized spacial score (nSPS) is 18.5. The molecule has 4 rings (SSSR count). The zero-order chi connectivity index (χ0) is 23.7. The number of aromatic nitrogens is 3. The van der Waals surface area contributed by atoms with Gasteiger partial charge >= 0.3 is 5.97 Å². The van der Waals surface area contributed by atoms with Crippen molar-refractivity contribution in [1.29, 1.82) is 0 Å². The number of piperidine rings is 1. The quantitative estimate of drug-likeness (QED) is 0.420. The number of carbonyl (C=O) groups is 2. The Balaban J connectivity index is 1.52. The molecule has 13 heteroatoms. The molecule has 2 unspecified atom stereocenters. The fourth-order valence-corrected chi connectivity index (χ4v) is 5.51. The number of aryl methyl sites for hydroxylation is 2. The number of aromatic carboxylic acids is 1. The first-order chi connectivity index (χ1) is 15.7. The Morgan fingerprint density at radius 1 is 1.36 bits per heavy atom. The summed E-state index contributed by atoms with van der Waals surface area (Å²) in [7, 11) is 0. The maximum atomic E-state index is 12.9. The summed E-state index contributed by atoms with van der Waals surface area (Å²) in [5.41, 5.74) is 1.31. The molecule has 3 aromatic rings. The zero-order valence-electron chi connectivity index (χ0n) is 17.7. The molecule has 176 valence electrons. The molecular formula is C20H21Cl2N5O4S2. The van der Waals surface area contributed by atoms with Crippen LogP contribution in [0.4, 0.5) is 5.13 Å². The SMILES string of the molecule is Cc1nc(N2CCC(NC(=O)c3[nH]c(C)c(Cl)c3Cl)C(OCc3nccs3)C2)sc1C(=O)O. The van der Waals surface area contributed by atoms with E-state index in [-0.39, 0.29) is 33.6 Å². The van der Waals surface area contributed by atoms with Crippen LogP contribution in [0, 0.1) is 13.8 Å². The van der Waals surface area contributed by atoms with Gasteiger partial charge in [-0.3, -0.25) is 4.79 Å². The molecule has 3 N–H and O–H groups in total. The number of carboxylic acid groups (broad SMARTS) is 1. The highest BCUT2D eigenvalue weighted by atomic mass is 35.5. The molecule has 1 amide bonds. The summed E-state index contributed by atoms with van der Waals surface area (Å²) in [6.45, 7) is 4.73. The molecule has 0 aliphatic carbocycles. The first-order valence-electron chi connectivity index (χ1n) is 10.0. The van der Waals surface area contributed by atoms with Crippen LogP contribution in [0.2, 0.25) is 10.0 Å². The van der Waals surface area contributed by atoms with E-state index in [4.69, 9.17) is 27.9 Å². The third-order valence-corrected chi connectivity index (χ3v) is 8.22. The van der Waals surface area contributed by atoms with E-state index >= 15 is 0 Å². The van der Waals surface area contributed by atoms with Crippen molar-refractivity contribution in [1.82, 2.24) is 20.3 Å². The molecule has 33 heavy (non-hydrogen) atoms. The third-order valence-electron chi connectivity index (χ3n) is 5.31. The summed E-state index contributed by atoms with van der Waals surface area (Å²) >= 11 is 15.0. The smallest absolute Gasteiger partial charge is 0.347 e. The molecule has 0 spiro atoms. The van der Waals surface area contributed by atoms with Crippen molar-refractivity contribution < 1.29 is 19.4 Å². The molecule has 1 fully saturated rings. The molecule has 3 aromatic heterocycles. The summed E-state index contributed by atoms with van der Waals surface area (Å²) in [4.78, 5) is 38.2. The number of carboxylic acids is 1. The van der Waals surface area contributed by atoms with Crippen molar-refractivity contribution in [2.24, 2.45) is 0 Å². The van der Waals surface area contributed by atoms with Crippen LogP contribution in [0.25, 0.3) is 0 Å². The lowest BCUT2D eigenvalue weighted by Crippen LogP contribution is -2.55.